The molecule has 2 N–H and O–H groups in total. The molecule has 1 aliphatic heterocycles. The van der Waals surface area contributed by atoms with E-state index in [4.69, 9.17) is 0 Å². The molecule has 0 fully saturated rings. The first-order valence-corrected chi connectivity index (χ1v) is 7.90. The molecule has 6 heteroatoms. The number of pyridine rings is 1. The molecule has 3 rings (SSSR count). The van der Waals surface area contributed by atoms with Crippen molar-refractivity contribution in [3.63, 3.8) is 0 Å². The lowest BCUT2D eigenvalue weighted by Crippen LogP contribution is -2.23. The number of aromatic nitrogens is 1. The zero-order valence-corrected chi connectivity index (χ0v) is 11.7. The van der Waals surface area contributed by atoms with Crippen molar-refractivity contribution in [3.05, 3.63) is 53.9 Å². The molecule has 20 heavy (non-hydrogen) atoms. The Balaban J connectivity index is 1.78. The number of benzene rings is 1. The van der Waals surface area contributed by atoms with Gasteiger partial charge in [0.2, 0.25) is 10.0 Å². The van der Waals surface area contributed by atoms with Crippen molar-refractivity contribution in [2.45, 2.75) is 17.9 Å². The van der Waals surface area contributed by atoms with Gasteiger partial charge in [-0.1, -0.05) is 6.07 Å². The molecule has 0 aliphatic carbocycles. The van der Waals surface area contributed by atoms with E-state index in [9.17, 15) is 8.42 Å². The Morgan fingerprint density at radius 2 is 2.15 bits per heavy atom. The summed E-state index contributed by atoms with van der Waals surface area (Å²) in [5.41, 5.74) is 2.76. The molecule has 0 saturated carbocycles. The van der Waals surface area contributed by atoms with Crippen LogP contribution in [0.4, 0.5) is 5.69 Å². The molecule has 0 bridgehead atoms. The summed E-state index contributed by atoms with van der Waals surface area (Å²) in [5, 5.41) is 3.21. The smallest absolute Gasteiger partial charge is 0.240 e. The zero-order chi connectivity index (χ0) is 14.0. The average molecular weight is 289 g/mol. The fraction of sp³-hybridized carbons (Fsp3) is 0.214. The van der Waals surface area contributed by atoms with Crippen LogP contribution in [0.1, 0.15) is 11.3 Å². The highest BCUT2D eigenvalue weighted by Gasteiger charge is 2.18. The number of hydrogen-bond donors (Lipinski definition) is 2. The minimum absolute atomic E-state index is 0.193. The van der Waals surface area contributed by atoms with Gasteiger partial charge in [-0.05, 0) is 42.3 Å². The first-order chi connectivity index (χ1) is 9.65. The van der Waals surface area contributed by atoms with E-state index in [-0.39, 0.29) is 6.54 Å². The lowest BCUT2D eigenvalue weighted by molar-refractivity contribution is 0.580. The van der Waals surface area contributed by atoms with E-state index < -0.39 is 10.0 Å². The maximum absolute atomic E-state index is 12.2. The first kappa shape index (κ1) is 13.1. The van der Waals surface area contributed by atoms with Crippen LogP contribution in [0.3, 0.4) is 0 Å². The summed E-state index contributed by atoms with van der Waals surface area (Å²) in [4.78, 5) is 4.40. The molecule has 5 nitrogen and oxygen atoms in total. The molecule has 1 aromatic carbocycles. The van der Waals surface area contributed by atoms with Crippen molar-refractivity contribution in [2.75, 3.05) is 11.9 Å². The van der Waals surface area contributed by atoms with Gasteiger partial charge in [0.25, 0.3) is 0 Å². The molecular formula is C14H15N3O2S. The third-order valence-corrected chi connectivity index (χ3v) is 4.67. The van der Waals surface area contributed by atoms with Crippen LogP contribution in [0.2, 0.25) is 0 Å². The molecule has 2 heterocycles. The summed E-state index contributed by atoms with van der Waals surface area (Å²) in [6.07, 6.45) is 2.50. The van der Waals surface area contributed by atoms with Gasteiger partial charge in [0.05, 0.1) is 17.1 Å². The summed E-state index contributed by atoms with van der Waals surface area (Å²) >= 11 is 0. The van der Waals surface area contributed by atoms with Gasteiger partial charge in [-0.2, -0.15) is 0 Å². The lowest BCUT2D eigenvalue weighted by atomic mass is 10.2. The maximum Gasteiger partial charge on any atom is 0.240 e. The van der Waals surface area contributed by atoms with Gasteiger partial charge in [0.15, 0.2) is 0 Å². The van der Waals surface area contributed by atoms with Crippen LogP contribution in [0, 0.1) is 0 Å². The number of sulfonamides is 1. The molecule has 1 aliphatic rings. The highest BCUT2D eigenvalue weighted by atomic mass is 32.2. The summed E-state index contributed by atoms with van der Waals surface area (Å²) in [7, 11) is -3.50. The monoisotopic (exact) mass is 289 g/mol. The SMILES string of the molecule is O=S(=O)(NCc1ccccn1)c1ccc2c(c1)CCN2. The van der Waals surface area contributed by atoms with E-state index in [1.54, 1.807) is 30.5 Å². The van der Waals surface area contributed by atoms with Crippen molar-refractivity contribution in [2.24, 2.45) is 0 Å². The van der Waals surface area contributed by atoms with E-state index in [2.05, 4.69) is 15.0 Å². The molecule has 0 spiro atoms. The van der Waals surface area contributed by atoms with E-state index in [0.29, 0.717) is 10.6 Å². The van der Waals surface area contributed by atoms with Crippen molar-refractivity contribution < 1.29 is 8.42 Å². The molecule has 104 valence electrons. The molecule has 1 aromatic heterocycles. The van der Waals surface area contributed by atoms with Crippen LogP contribution in [-0.4, -0.2) is 19.9 Å². The van der Waals surface area contributed by atoms with Gasteiger partial charge in [0.1, 0.15) is 0 Å². The number of anilines is 1. The van der Waals surface area contributed by atoms with Crippen LogP contribution < -0.4 is 10.0 Å². The van der Waals surface area contributed by atoms with E-state index in [0.717, 1.165) is 24.2 Å². The van der Waals surface area contributed by atoms with Crippen LogP contribution in [0.15, 0.2) is 47.5 Å². The van der Waals surface area contributed by atoms with Crippen molar-refractivity contribution in [1.29, 1.82) is 0 Å². The van der Waals surface area contributed by atoms with E-state index >= 15 is 0 Å². The quantitative estimate of drug-likeness (QED) is 0.895. The number of hydrogen-bond acceptors (Lipinski definition) is 4. The largest absolute Gasteiger partial charge is 0.384 e. The minimum Gasteiger partial charge on any atom is -0.384 e. The van der Waals surface area contributed by atoms with Gasteiger partial charge in [-0.25, -0.2) is 13.1 Å². The van der Waals surface area contributed by atoms with Gasteiger partial charge in [-0.15, -0.1) is 0 Å². The Kier molecular flexibility index (Phi) is 3.42. The predicted molar refractivity (Wildman–Crippen MR) is 76.9 cm³/mol. The fourth-order valence-corrected chi connectivity index (χ4v) is 3.25. The van der Waals surface area contributed by atoms with Gasteiger partial charge in [0, 0.05) is 18.4 Å². The van der Waals surface area contributed by atoms with Crippen molar-refractivity contribution in [1.82, 2.24) is 9.71 Å². The van der Waals surface area contributed by atoms with Gasteiger partial charge < -0.3 is 5.32 Å². The Hall–Kier alpha value is -1.92. The number of nitrogens with one attached hydrogen (secondary N) is 2. The molecule has 2 aromatic rings. The Bertz CT molecular complexity index is 714. The second kappa shape index (κ2) is 5.22. The molecule has 0 atom stereocenters. The highest BCUT2D eigenvalue weighted by Crippen LogP contribution is 2.24. The van der Waals surface area contributed by atoms with Crippen molar-refractivity contribution >= 4 is 15.7 Å². The van der Waals surface area contributed by atoms with E-state index in [1.807, 2.05) is 12.1 Å². The third-order valence-electron chi connectivity index (χ3n) is 3.27. The number of nitrogens with zero attached hydrogens (tertiary/aromatic N) is 1. The highest BCUT2D eigenvalue weighted by molar-refractivity contribution is 7.89. The van der Waals surface area contributed by atoms with Crippen LogP contribution >= 0.6 is 0 Å². The Labute approximate surface area is 118 Å². The van der Waals surface area contributed by atoms with Gasteiger partial charge in [-0.3, -0.25) is 4.98 Å². The second-order valence-electron chi connectivity index (χ2n) is 4.64. The molecular weight excluding hydrogens is 274 g/mol. The average Bonchev–Trinajstić information content (AvgIpc) is 2.94. The number of fused-ring (bicyclic) bond motifs is 1. The summed E-state index contributed by atoms with van der Waals surface area (Å²) in [5.74, 6) is 0. The van der Waals surface area contributed by atoms with Crippen LogP contribution in [0.5, 0.6) is 0 Å². The Morgan fingerprint density at radius 3 is 2.95 bits per heavy atom. The zero-order valence-electron chi connectivity index (χ0n) is 10.8. The maximum atomic E-state index is 12.2. The van der Waals surface area contributed by atoms with Gasteiger partial charge >= 0.3 is 0 Å². The molecule has 0 amide bonds. The number of rotatable bonds is 4. The standard InChI is InChI=1S/C14H15N3O2S/c18-20(19,17-10-12-3-1-2-7-15-12)13-4-5-14-11(9-13)6-8-16-14/h1-5,7,9,16-17H,6,8,10H2. The predicted octanol–water partition coefficient (Wildman–Crippen LogP) is 1.53. The minimum atomic E-state index is -3.50. The van der Waals surface area contributed by atoms with E-state index in [1.165, 1.54) is 0 Å². The second-order valence-corrected chi connectivity index (χ2v) is 6.41. The summed E-state index contributed by atoms with van der Waals surface area (Å²) in [6.45, 7) is 1.05. The van der Waals surface area contributed by atoms with Crippen LogP contribution in [-0.2, 0) is 23.0 Å². The fourth-order valence-electron chi connectivity index (χ4n) is 2.20. The molecule has 0 saturated heterocycles. The molecule has 0 unspecified atom stereocenters. The lowest BCUT2D eigenvalue weighted by Gasteiger charge is -2.08. The Morgan fingerprint density at radius 1 is 1.25 bits per heavy atom. The van der Waals surface area contributed by atoms with Crippen LogP contribution in [0.25, 0.3) is 0 Å². The van der Waals surface area contributed by atoms with Crippen molar-refractivity contribution in [3.8, 4) is 0 Å². The molecule has 0 radical (unpaired) electrons. The normalized spacial score (nSPS) is 13.8. The third kappa shape index (κ3) is 2.66. The topological polar surface area (TPSA) is 71.1 Å². The first-order valence-electron chi connectivity index (χ1n) is 6.41. The summed E-state index contributed by atoms with van der Waals surface area (Å²) < 4.78 is 27.1. The summed E-state index contributed by atoms with van der Waals surface area (Å²) in [6, 6.07) is 10.6.